The summed E-state index contributed by atoms with van der Waals surface area (Å²) in [6.45, 7) is 3.77. The highest BCUT2D eigenvalue weighted by molar-refractivity contribution is 5.93. The quantitative estimate of drug-likeness (QED) is 0.865. The fourth-order valence-electron chi connectivity index (χ4n) is 2.06. The third kappa shape index (κ3) is 3.02. The van der Waals surface area contributed by atoms with Crippen LogP contribution in [0.25, 0.3) is 10.9 Å². The van der Waals surface area contributed by atoms with E-state index in [9.17, 15) is 4.79 Å². The number of fused-ring (bicyclic) bond motifs is 1. The fourth-order valence-corrected chi connectivity index (χ4v) is 2.06. The predicted molar refractivity (Wildman–Crippen MR) is 76.5 cm³/mol. The van der Waals surface area contributed by atoms with Crippen LogP contribution in [0, 0.1) is 0 Å². The molecule has 2 aromatic rings. The summed E-state index contributed by atoms with van der Waals surface area (Å²) in [6.07, 6.45) is 3.79. The molecule has 2 rings (SSSR count). The molecule has 1 heterocycles. The number of aliphatic carboxylic acids is 1. The molecule has 0 saturated heterocycles. The number of pyridine rings is 1. The maximum Gasteiger partial charge on any atom is 0.325 e. The molecule has 0 aliphatic rings. The number of rotatable bonds is 5. The second kappa shape index (κ2) is 5.69. The van der Waals surface area contributed by atoms with Crippen LogP contribution in [0.3, 0.4) is 0 Å². The molecular weight excluding hydrogens is 240 g/mol. The molecule has 0 bridgehead atoms. The van der Waals surface area contributed by atoms with Gasteiger partial charge in [-0.3, -0.25) is 9.78 Å². The normalized spacial score (nSPS) is 12.3. The van der Waals surface area contributed by atoms with Gasteiger partial charge in [0.05, 0.1) is 5.52 Å². The highest BCUT2D eigenvalue weighted by atomic mass is 16.4. The maximum absolute atomic E-state index is 10.9. The zero-order valence-electron chi connectivity index (χ0n) is 11.2. The molecule has 1 aromatic carbocycles. The van der Waals surface area contributed by atoms with E-state index in [2.05, 4.69) is 29.4 Å². The first-order valence-corrected chi connectivity index (χ1v) is 6.48. The van der Waals surface area contributed by atoms with Crippen molar-refractivity contribution in [1.82, 2.24) is 4.98 Å². The van der Waals surface area contributed by atoms with Crippen molar-refractivity contribution in [3.63, 3.8) is 0 Å². The first-order chi connectivity index (χ1) is 9.11. The van der Waals surface area contributed by atoms with Crippen LogP contribution in [-0.4, -0.2) is 22.1 Å². The molecule has 0 aliphatic heterocycles. The molecule has 1 atom stereocenters. The van der Waals surface area contributed by atoms with Crippen LogP contribution in [0.5, 0.6) is 0 Å². The van der Waals surface area contributed by atoms with E-state index in [1.807, 2.05) is 12.1 Å². The van der Waals surface area contributed by atoms with Gasteiger partial charge in [-0.15, -0.1) is 0 Å². The highest BCUT2D eigenvalue weighted by Gasteiger charge is 2.12. The molecule has 0 spiro atoms. The molecule has 19 heavy (non-hydrogen) atoms. The summed E-state index contributed by atoms with van der Waals surface area (Å²) in [5.74, 6) is -0.866. The third-order valence-electron chi connectivity index (χ3n) is 3.09. The first-order valence-electron chi connectivity index (χ1n) is 6.48. The summed E-state index contributed by atoms with van der Waals surface area (Å²) >= 11 is 0. The van der Waals surface area contributed by atoms with Gasteiger partial charge in [0.2, 0.25) is 0 Å². The number of aryl methyl sites for hydroxylation is 1. The predicted octanol–water partition coefficient (Wildman–Crippen LogP) is 3.07. The molecule has 0 amide bonds. The molecule has 0 saturated carbocycles. The van der Waals surface area contributed by atoms with Crippen LogP contribution in [0.4, 0.5) is 5.69 Å². The smallest absolute Gasteiger partial charge is 0.325 e. The second-order valence-electron chi connectivity index (χ2n) is 4.66. The Labute approximate surface area is 112 Å². The second-order valence-corrected chi connectivity index (χ2v) is 4.66. The number of aromatic nitrogens is 1. The molecule has 1 aromatic heterocycles. The third-order valence-corrected chi connectivity index (χ3v) is 3.09. The summed E-state index contributed by atoms with van der Waals surface area (Å²) in [7, 11) is 0. The van der Waals surface area contributed by atoms with E-state index < -0.39 is 12.0 Å². The molecule has 0 radical (unpaired) electrons. The number of benzene rings is 1. The summed E-state index contributed by atoms with van der Waals surface area (Å²) in [5, 5.41) is 13.0. The molecule has 4 nitrogen and oxygen atoms in total. The van der Waals surface area contributed by atoms with Gasteiger partial charge in [0.1, 0.15) is 6.04 Å². The number of nitrogens with zero attached hydrogens (tertiary/aromatic N) is 1. The van der Waals surface area contributed by atoms with Gasteiger partial charge in [0.25, 0.3) is 0 Å². The summed E-state index contributed by atoms with van der Waals surface area (Å²) in [6, 6.07) is 7.33. The lowest BCUT2D eigenvalue weighted by atomic mass is 10.1. The lowest BCUT2D eigenvalue weighted by Crippen LogP contribution is -2.25. The van der Waals surface area contributed by atoms with E-state index in [1.54, 1.807) is 13.1 Å². The van der Waals surface area contributed by atoms with Crippen LogP contribution in [0.1, 0.15) is 25.8 Å². The van der Waals surface area contributed by atoms with E-state index in [-0.39, 0.29) is 0 Å². The van der Waals surface area contributed by atoms with Crippen molar-refractivity contribution in [2.45, 2.75) is 32.7 Å². The molecular formula is C15H18N2O2. The number of hydrogen-bond donors (Lipinski definition) is 2. The molecule has 0 unspecified atom stereocenters. The number of nitrogens with one attached hydrogen (secondary N) is 1. The largest absolute Gasteiger partial charge is 0.480 e. The van der Waals surface area contributed by atoms with Gasteiger partial charge in [-0.1, -0.05) is 19.4 Å². The standard InChI is InChI=1S/C15H18N2O2/c1-3-4-11-5-6-13-12(9-11)14(7-8-16-13)17-10(2)15(18)19/h5-10H,3-4H2,1-2H3,(H,16,17)(H,18,19)/t10-/m1/s1. The number of hydrogen-bond acceptors (Lipinski definition) is 3. The Kier molecular flexibility index (Phi) is 4.00. The maximum atomic E-state index is 10.9. The van der Waals surface area contributed by atoms with Crippen LogP contribution in [0.15, 0.2) is 30.5 Å². The zero-order chi connectivity index (χ0) is 13.8. The monoisotopic (exact) mass is 258 g/mol. The van der Waals surface area contributed by atoms with Gasteiger partial charge in [-0.2, -0.15) is 0 Å². The average molecular weight is 258 g/mol. The van der Waals surface area contributed by atoms with Crippen molar-refractivity contribution in [1.29, 1.82) is 0 Å². The van der Waals surface area contributed by atoms with Gasteiger partial charge in [-0.05, 0) is 37.1 Å². The van der Waals surface area contributed by atoms with Crippen molar-refractivity contribution in [2.75, 3.05) is 5.32 Å². The van der Waals surface area contributed by atoms with Gasteiger partial charge in [-0.25, -0.2) is 0 Å². The van der Waals surface area contributed by atoms with Crippen LogP contribution >= 0.6 is 0 Å². The zero-order valence-corrected chi connectivity index (χ0v) is 11.2. The van der Waals surface area contributed by atoms with Gasteiger partial charge in [0.15, 0.2) is 0 Å². The molecule has 100 valence electrons. The van der Waals surface area contributed by atoms with E-state index in [0.717, 1.165) is 29.4 Å². The van der Waals surface area contributed by atoms with E-state index >= 15 is 0 Å². The first kappa shape index (κ1) is 13.3. The van der Waals surface area contributed by atoms with Gasteiger partial charge < -0.3 is 10.4 Å². The Morgan fingerprint density at radius 3 is 2.89 bits per heavy atom. The van der Waals surface area contributed by atoms with Gasteiger partial charge >= 0.3 is 5.97 Å². The van der Waals surface area contributed by atoms with E-state index in [4.69, 9.17) is 5.11 Å². The molecule has 0 fully saturated rings. The summed E-state index contributed by atoms with van der Waals surface area (Å²) < 4.78 is 0. The highest BCUT2D eigenvalue weighted by Crippen LogP contribution is 2.24. The van der Waals surface area contributed by atoms with E-state index in [0.29, 0.717) is 0 Å². The lowest BCUT2D eigenvalue weighted by molar-refractivity contribution is -0.137. The topological polar surface area (TPSA) is 62.2 Å². The Bertz CT molecular complexity index is 596. The van der Waals surface area contributed by atoms with Crippen LogP contribution < -0.4 is 5.32 Å². The number of anilines is 1. The van der Waals surface area contributed by atoms with E-state index in [1.165, 1.54) is 5.56 Å². The summed E-state index contributed by atoms with van der Waals surface area (Å²) in [5.41, 5.74) is 2.94. The number of carboxylic acid groups (broad SMARTS) is 1. The fraction of sp³-hybridized carbons (Fsp3) is 0.333. The van der Waals surface area contributed by atoms with Crippen molar-refractivity contribution in [2.24, 2.45) is 0 Å². The summed E-state index contributed by atoms with van der Waals surface area (Å²) in [4.78, 5) is 15.2. The molecule has 4 heteroatoms. The number of carboxylic acids is 1. The van der Waals surface area contributed by atoms with Crippen molar-refractivity contribution in [3.05, 3.63) is 36.0 Å². The van der Waals surface area contributed by atoms with Gasteiger partial charge in [0, 0.05) is 17.3 Å². The Morgan fingerprint density at radius 1 is 1.42 bits per heavy atom. The Morgan fingerprint density at radius 2 is 2.21 bits per heavy atom. The minimum atomic E-state index is -0.866. The Balaban J connectivity index is 2.42. The average Bonchev–Trinajstić information content (AvgIpc) is 2.39. The van der Waals surface area contributed by atoms with Crippen LogP contribution in [-0.2, 0) is 11.2 Å². The van der Waals surface area contributed by atoms with Crippen molar-refractivity contribution >= 4 is 22.6 Å². The van der Waals surface area contributed by atoms with Crippen molar-refractivity contribution in [3.8, 4) is 0 Å². The minimum absolute atomic E-state index is 0.625. The lowest BCUT2D eigenvalue weighted by Gasteiger charge is -2.13. The SMILES string of the molecule is CCCc1ccc2nccc(N[C@H](C)C(=O)O)c2c1. The Hall–Kier alpha value is -2.10. The molecule has 0 aliphatic carbocycles. The van der Waals surface area contributed by atoms with Crippen molar-refractivity contribution < 1.29 is 9.90 Å². The number of carbonyl (C=O) groups is 1. The minimum Gasteiger partial charge on any atom is -0.480 e. The van der Waals surface area contributed by atoms with Crippen LogP contribution in [0.2, 0.25) is 0 Å². The molecule has 2 N–H and O–H groups in total.